The van der Waals surface area contributed by atoms with Crippen molar-refractivity contribution >= 4 is 24.3 Å². The Bertz CT molecular complexity index is 423. The summed E-state index contributed by atoms with van der Waals surface area (Å²) in [5, 5.41) is 15.1. The number of aliphatic carboxylic acids is 1. The molecule has 18 heavy (non-hydrogen) atoms. The summed E-state index contributed by atoms with van der Waals surface area (Å²) in [5.41, 5.74) is 0.992. The van der Waals surface area contributed by atoms with Gasteiger partial charge in [0.05, 0.1) is 6.54 Å². The van der Waals surface area contributed by atoms with E-state index in [2.05, 4.69) is 15.6 Å². The van der Waals surface area contributed by atoms with Crippen LogP contribution < -0.4 is 10.6 Å². The molecular weight excluding hydrogens is 254 g/mol. The van der Waals surface area contributed by atoms with Crippen LogP contribution in [0.25, 0.3) is 0 Å². The molecule has 0 aromatic heterocycles. The summed E-state index contributed by atoms with van der Waals surface area (Å²) >= 11 is 0. The highest BCUT2D eigenvalue weighted by atomic mass is 35.5. The molecule has 0 bridgehead atoms. The molecule has 1 atom stereocenters. The van der Waals surface area contributed by atoms with Gasteiger partial charge in [-0.2, -0.15) is 0 Å². The Labute approximate surface area is 112 Å². The number of guanidine groups is 1. The third kappa shape index (κ3) is 3.92. The fourth-order valence-electron chi connectivity index (χ4n) is 1.71. The lowest BCUT2D eigenvalue weighted by Gasteiger charge is -2.15. The molecule has 0 saturated heterocycles. The molecule has 3 N–H and O–H groups in total. The quantitative estimate of drug-likeness (QED) is 0.751. The molecule has 1 aromatic rings. The summed E-state index contributed by atoms with van der Waals surface area (Å²) in [4.78, 5) is 15.3. The van der Waals surface area contributed by atoms with E-state index in [9.17, 15) is 4.79 Å². The molecule has 6 heteroatoms. The minimum Gasteiger partial charge on any atom is -0.480 e. The van der Waals surface area contributed by atoms with Gasteiger partial charge in [0.2, 0.25) is 0 Å². The number of aliphatic imine (C=N–C) groups is 1. The van der Waals surface area contributed by atoms with Crippen molar-refractivity contribution in [1.82, 2.24) is 10.6 Å². The lowest BCUT2D eigenvalue weighted by molar-refractivity contribution is -0.139. The van der Waals surface area contributed by atoms with E-state index >= 15 is 0 Å². The summed E-state index contributed by atoms with van der Waals surface area (Å²) in [6.07, 6.45) is 0.441. The van der Waals surface area contributed by atoms with Crippen LogP contribution in [-0.4, -0.2) is 36.2 Å². The predicted octanol–water partition coefficient (Wildman–Crippen LogP) is 0.653. The third-order valence-electron chi connectivity index (χ3n) is 2.57. The SMILES string of the molecule is Cl.O=C(O)C(Cc1ccccc1)NC1=NCCN1. The first-order valence-corrected chi connectivity index (χ1v) is 5.57. The van der Waals surface area contributed by atoms with Gasteiger partial charge >= 0.3 is 5.97 Å². The van der Waals surface area contributed by atoms with Gasteiger partial charge < -0.3 is 15.7 Å². The maximum Gasteiger partial charge on any atom is 0.326 e. The summed E-state index contributed by atoms with van der Waals surface area (Å²) in [5.74, 6) is -0.293. The monoisotopic (exact) mass is 269 g/mol. The highest BCUT2D eigenvalue weighted by Gasteiger charge is 2.20. The van der Waals surface area contributed by atoms with Crippen molar-refractivity contribution < 1.29 is 9.90 Å². The van der Waals surface area contributed by atoms with E-state index in [4.69, 9.17) is 5.11 Å². The molecule has 2 rings (SSSR count). The Morgan fingerprint density at radius 2 is 2.17 bits per heavy atom. The van der Waals surface area contributed by atoms with Gasteiger partial charge in [0, 0.05) is 13.0 Å². The van der Waals surface area contributed by atoms with Crippen molar-refractivity contribution in [3.8, 4) is 0 Å². The van der Waals surface area contributed by atoms with Crippen LogP contribution in [0.5, 0.6) is 0 Å². The minimum atomic E-state index is -0.870. The molecule has 1 heterocycles. The number of carboxylic acids is 1. The maximum atomic E-state index is 11.1. The van der Waals surface area contributed by atoms with Crippen molar-refractivity contribution in [3.63, 3.8) is 0 Å². The van der Waals surface area contributed by atoms with Gasteiger partial charge in [-0.15, -0.1) is 12.4 Å². The first kappa shape index (κ1) is 14.3. The zero-order chi connectivity index (χ0) is 12.1. The molecule has 1 aromatic carbocycles. The number of hydrogen-bond donors (Lipinski definition) is 3. The first-order valence-electron chi connectivity index (χ1n) is 5.57. The molecule has 98 valence electrons. The average Bonchev–Trinajstić information content (AvgIpc) is 2.82. The smallest absolute Gasteiger partial charge is 0.326 e. The molecule has 0 amide bonds. The van der Waals surface area contributed by atoms with Gasteiger partial charge in [-0.05, 0) is 5.56 Å². The van der Waals surface area contributed by atoms with Gasteiger partial charge in [0.1, 0.15) is 6.04 Å². The van der Waals surface area contributed by atoms with Crippen LogP contribution in [0.2, 0.25) is 0 Å². The summed E-state index contributed by atoms with van der Waals surface area (Å²) in [6, 6.07) is 8.90. The number of hydrogen-bond acceptors (Lipinski definition) is 4. The van der Waals surface area contributed by atoms with Crippen LogP contribution in [0.15, 0.2) is 35.3 Å². The zero-order valence-electron chi connectivity index (χ0n) is 9.80. The molecule has 0 radical (unpaired) electrons. The zero-order valence-corrected chi connectivity index (χ0v) is 10.6. The number of rotatable bonds is 4. The standard InChI is InChI=1S/C12H15N3O2.ClH/c16-11(17)10(15-12-13-6-7-14-12)8-9-4-2-1-3-5-9;/h1-5,10H,6-8H2,(H,16,17)(H2,13,14,15);1H. The highest BCUT2D eigenvalue weighted by Crippen LogP contribution is 2.03. The van der Waals surface area contributed by atoms with Crippen molar-refractivity contribution in [3.05, 3.63) is 35.9 Å². The van der Waals surface area contributed by atoms with E-state index in [1.807, 2.05) is 30.3 Å². The second-order valence-electron chi connectivity index (χ2n) is 3.88. The summed E-state index contributed by atoms with van der Waals surface area (Å²) in [6.45, 7) is 1.46. The van der Waals surface area contributed by atoms with Gasteiger partial charge in [0.15, 0.2) is 5.96 Å². The van der Waals surface area contributed by atoms with Crippen LogP contribution >= 0.6 is 12.4 Å². The topological polar surface area (TPSA) is 73.7 Å². The normalized spacial score (nSPS) is 15.0. The van der Waals surface area contributed by atoms with Crippen LogP contribution in [0.3, 0.4) is 0 Å². The van der Waals surface area contributed by atoms with E-state index in [1.165, 1.54) is 0 Å². The minimum absolute atomic E-state index is 0. The van der Waals surface area contributed by atoms with Gasteiger partial charge in [-0.25, -0.2) is 4.79 Å². The van der Waals surface area contributed by atoms with Crippen molar-refractivity contribution in [2.45, 2.75) is 12.5 Å². The first-order chi connectivity index (χ1) is 8.25. The van der Waals surface area contributed by atoms with Crippen molar-refractivity contribution in [2.24, 2.45) is 4.99 Å². The molecule has 0 fully saturated rings. The fraction of sp³-hybridized carbons (Fsp3) is 0.333. The Hall–Kier alpha value is -1.75. The van der Waals surface area contributed by atoms with Crippen molar-refractivity contribution in [2.75, 3.05) is 13.1 Å². The molecular formula is C12H16ClN3O2. The Balaban J connectivity index is 0.00000162. The lowest BCUT2D eigenvalue weighted by atomic mass is 10.1. The number of nitrogens with one attached hydrogen (secondary N) is 2. The van der Waals surface area contributed by atoms with E-state index in [-0.39, 0.29) is 12.4 Å². The third-order valence-corrected chi connectivity index (χ3v) is 2.57. The molecule has 1 aliphatic heterocycles. The number of halogens is 1. The van der Waals surface area contributed by atoms with E-state index < -0.39 is 12.0 Å². The number of nitrogens with zero attached hydrogens (tertiary/aromatic N) is 1. The molecule has 1 aliphatic rings. The van der Waals surface area contributed by atoms with Crippen molar-refractivity contribution in [1.29, 1.82) is 0 Å². The Morgan fingerprint density at radius 1 is 1.44 bits per heavy atom. The van der Waals surface area contributed by atoms with E-state index in [1.54, 1.807) is 0 Å². The maximum absolute atomic E-state index is 11.1. The number of carboxylic acid groups (broad SMARTS) is 1. The summed E-state index contributed by atoms with van der Waals surface area (Å²) in [7, 11) is 0. The largest absolute Gasteiger partial charge is 0.480 e. The van der Waals surface area contributed by atoms with Crippen LogP contribution in [0.4, 0.5) is 0 Å². The molecule has 0 saturated carbocycles. The van der Waals surface area contributed by atoms with Crippen LogP contribution in [0.1, 0.15) is 5.56 Å². The Morgan fingerprint density at radius 3 is 2.72 bits per heavy atom. The molecule has 0 spiro atoms. The van der Waals surface area contributed by atoms with Gasteiger partial charge in [-0.1, -0.05) is 30.3 Å². The van der Waals surface area contributed by atoms with Gasteiger partial charge in [0.25, 0.3) is 0 Å². The highest BCUT2D eigenvalue weighted by molar-refractivity contribution is 5.86. The Kier molecular flexibility index (Phi) is 5.45. The van der Waals surface area contributed by atoms with E-state index in [0.717, 1.165) is 12.1 Å². The fourth-order valence-corrected chi connectivity index (χ4v) is 1.71. The van der Waals surface area contributed by atoms with Crippen LogP contribution in [-0.2, 0) is 11.2 Å². The molecule has 0 aliphatic carbocycles. The predicted molar refractivity (Wildman–Crippen MR) is 72.3 cm³/mol. The van der Waals surface area contributed by atoms with E-state index in [0.29, 0.717) is 18.9 Å². The average molecular weight is 270 g/mol. The van der Waals surface area contributed by atoms with Crippen LogP contribution in [0, 0.1) is 0 Å². The molecule has 5 nitrogen and oxygen atoms in total. The second kappa shape index (κ2) is 6.86. The van der Waals surface area contributed by atoms with Gasteiger partial charge in [-0.3, -0.25) is 4.99 Å². The molecule has 1 unspecified atom stereocenters. The number of benzene rings is 1. The lowest BCUT2D eigenvalue weighted by Crippen LogP contribution is -2.46. The second-order valence-corrected chi connectivity index (χ2v) is 3.88. The summed E-state index contributed by atoms with van der Waals surface area (Å²) < 4.78 is 0. The number of carbonyl (C=O) groups is 1.